The predicted molar refractivity (Wildman–Crippen MR) is 83.1 cm³/mol. The normalized spacial score (nSPS) is 15.0. The van der Waals surface area contributed by atoms with Crippen molar-refractivity contribution in [1.29, 1.82) is 0 Å². The third-order valence-corrected chi connectivity index (χ3v) is 3.74. The van der Waals surface area contributed by atoms with E-state index < -0.39 is 6.03 Å². The summed E-state index contributed by atoms with van der Waals surface area (Å²) in [5.41, 5.74) is 0.967. The van der Waals surface area contributed by atoms with Crippen LogP contribution in [0, 0.1) is 0 Å². The van der Waals surface area contributed by atoms with Gasteiger partial charge in [0.2, 0.25) is 0 Å². The lowest BCUT2D eigenvalue weighted by atomic mass is 10.3. The van der Waals surface area contributed by atoms with E-state index in [-0.39, 0.29) is 12.5 Å². The first kappa shape index (κ1) is 13.9. The summed E-state index contributed by atoms with van der Waals surface area (Å²) in [6.07, 6.45) is 0. The summed E-state index contributed by atoms with van der Waals surface area (Å²) in [6.45, 7) is -0.0221. The first-order chi connectivity index (χ1) is 10.1. The van der Waals surface area contributed by atoms with Gasteiger partial charge in [0.15, 0.2) is 0 Å². The van der Waals surface area contributed by atoms with Gasteiger partial charge in [-0.2, -0.15) is 0 Å². The number of imide groups is 1. The van der Waals surface area contributed by atoms with Crippen LogP contribution in [0.5, 0.6) is 0 Å². The van der Waals surface area contributed by atoms with Gasteiger partial charge in [-0.1, -0.05) is 41.4 Å². The van der Waals surface area contributed by atoms with Crippen molar-refractivity contribution in [2.24, 2.45) is 0 Å². The fourth-order valence-electron chi connectivity index (χ4n) is 2.21. The number of anilines is 2. The second-order valence-electron chi connectivity index (χ2n) is 4.53. The highest BCUT2D eigenvalue weighted by atomic mass is 35.5. The SMILES string of the molecule is O=C1CN(c2ccccc2)C(=O)N1c1cc(Cl)ccc1Cl. The first-order valence-corrected chi connectivity index (χ1v) is 6.98. The maximum atomic E-state index is 12.5. The van der Waals surface area contributed by atoms with Gasteiger partial charge in [-0.3, -0.25) is 9.69 Å². The maximum absolute atomic E-state index is 12.5. The molecule has 4 nitrogen and oxygen atoms in total. The molecule has 0 atom stereocenters. The highest BCUT2D eigenvalue weighted by Crippen LogP contribution is 2.33. The van der Waals surface area contributed by atoms with Gasteiger partial charge in [-0.25, -0.2) is 9.69 Å². The van der Waals surface area contributed by atoms with E-state index in [0.717, 1.165) is 4.90 Å². The molecule has 106 valence electrons. The molecule has 1 saturated heterocycles. The van der Waals surface area contributed by atoms with Crippen LogP contribution >= 0.6 is 23.2 Å². The van der Waals surface area contributed by atoms with Crippen molar-refractivity contribution in [3.63, 3.8) is 0 Å². The molecule has 1 aliphatic heterocycles. The Morgan fingerprint density at radius 1 is 0.952 bits per heavy atom. The molecule has 1 fully saturated rings. The van der Waals surface area contributed by atoms with Crippen molar-refractivity contribution in [3.8, 4) is 0 Å². The summed E-state index contributed by atoms with van der Waals surface area (Å²) in [7, 11) is 0. The molecule has 1 aliphatic rings. The van der Waals surface area contributed by atoms with Crippen LogP contribution in [0.25, 0.3) is 0 Å². The fraction of sp³-hybridized carbons (Fsp3) is 0.0667. The van der Waals surface area contributed by atoms with Crippen molar-refractivity contribution in [1.82, 2.24) is 0 Å². The van der Waals surface area contributed by atoms with Crippen molar-refractivity contribution >= 4 is 46.5 Å². The van der Waals surface area contributed by atoms with E-state index in [1.54, 1.807) is 24.3 Å². The number of benzene rings is 2. The number of rotatable bonds is 2. The van der Waals surface area contributed by atoms with Crippen LogP contribution < -0.4 is 9.80 Å². The van der Waals surface area contributed by atoms with Crippen LogP contribution in [0.1, 0.15) is 0 Å². The Labute approximate surface area is 131 Å². The molecule has 2 aromatic rings. The van der Waals surface area contributed by atoms with Crippen LogP contribution in [0.2, 0.25) is 10.0 Å². The first-order valence-electron chi connectivity index (χ1n) is 6.22. The number of para-hydroxylation sites is 1. The van der Waals surface area contributed by atoms with Gasteiger partial charge in [-0.05, 0) is 30.3 Å². The zero-order valence-corrected chi connectivity index (χ0v) is 12.3. The van der Waals surface area contributed by atoms with E-state index in [0.29, 0.717) is 21.4 Å². The molecule has 21 heavy (non-hydrogen) atoms. The van der Waals surface area contributed by atoms with Crippen LogP contribution in [-0.4, -0.2) is 18.5 Å². The summed E-state index contributed by atoms with van der Waals surface area (Å²) in [4.78, 5) is 27.2. The fourth-order valence-corrected chi connectivity index (χ4v) is 2.57. The molecule has 0 aromatic heterocycles. The standard InChI is InChI=1S/C15H10Cl2N2O2/c16-10-6-7-12(17)13(8-10)19-14(20)9-18(15(19)21)11-4-2-1-3-5-11/h1-8H,9H2. The zero-order valence-electron chi connectivity index (χ0n) is 10.8. The molecule has 0 spiro atoms. The summed E-state index contributed by atoms with van der Waals surface area (Å²) in [5, 5.41) is 0.712. The molecule has 3 rings (SSSR count). The van der Waals surface area contributed by atoms with Crippen LogP contribution in [0.15, 0.2) is 48.5 Å². The second kappa shape index (κ2) is 5.39. The molecule has 2 aromatic carbocycles. The minimum Gasteiger partial charge on any atom is -0.284 e. The number of amides is 3. The number of nitrogens with zero attached hydrogens (tertiary/aromatic N) is 2. The average Bonchev–Trinajstić information content (AvgIpc) is 2.78. The molecule has 0 unspecified atom stereocenters. The average molecular weight is 321 g/mol. The van der Waals surface area contributed by atoms with Gasteiger partial charge >= 0.3 is 6.03 Å². The Morgan fingerprint density at radius 3 is 2.38 bits per heavy atom. The monoisotopic (exact) mass is 320 g/mol. The lowest BCUT2D eigenvalue weighted by Crippen LogP contribution is -2.33. The van der Waals surface area contributed by atoms with Gasteiger partial charge in [0.25, 0.3) is 5.91 Å². The van der Waals surface area contributed by atoms with Crippen molar-refractivity contribution in [2.45, 2.75) is 0 Å². The highest BCUT2D eigenvalue weighted by Gasteiger charge is 2.38. The summed E-state index contributed by atoms with van der Waals surface area (Å²) >= 11 is 12.0. The van der Waals surface area contributed by atoms with E-state index in [2.05, 4.69) is 0 Å². The van der Waals surface area contributed by atoms with E-state index in [1.165, 1.54) is 11.0 Å². The lowest BCUT2D eigenvalue weighted by Gasteiger charge is -2.18. The molecular formula is C15H10Cl2N2O2. The van der Waals surface area contributed by atoms with Gasteiger partial charge in [0.1, 0.15) is 6.54 Å². The van der Waals surface area contributed by atoms with Gasteiger partial charge in [0, 0.05) is 10.7 Å². The van der Waals surface area contributed by atoms with Crippen molar-refractivity contribution in [3.05, 3.63) is 58.6 Å². The van der Waals surface area contributed by atoms with Crippen LogP contribution in [0.3, 0.4) is 0 Å². The minimum atomic E-state index is -0.435. The van der Waals surface area contributed by atoms with Crippen LogP contribution in [0.4, 0.5) is 16.2 Å². The van der Waals surface area contributed by atoms with E-state index >= 15 is 0 Å². The van der Waals surface area contributed by atoms with E-state index in [1.807, 2.05) is 18.2 Å². The second-order valence-corrected chi connectivity index (χ2v) is 5.37. The number of carbonyl (C=O) groups is 2. The number of urea groups is 1. The Kier molecular flexibility index (Phi) is 3.57. The van der Waals surface area contributed by atoms with Crippen molar-refractivity contribution in [2.75, 3.05) is 16.3 Å². The third-order valence-electron chi connectivity index (χ3n) is 3.18. The molecule has 3 amide bonds. The third kappa shape index (κ3) is 2.48. The Balaban J connectivity index is 2.00. The molecule has 0 N–H and O–H groups in total. The van der Waals surface area contributed by atoms with Gasteiger partial charge in [-0.15, -0.1) is 0 Å². The molecule has 0 aliphatic carbocycles. The Bertz CT molecular complexity index is 719. The molecule has 0 radical (unpaired) electrons. The smallest absolute Gasteiger partial charge is 0.284 e. The number of hydrogen-bond acceptors (Lipinski definition) is 2. The topological polar surface area (TPSA) is 40.6 Å². The van der Waals surface area contributed by atoms with Crippen molar-refractivity contribution < 1.29 is 9.59 Å². The molecule has 6 heteroatoms. The quantitative estimate of drug-likeness (QED) is 0.785. The lowest BCUT2D eigenvalue weighted by molar-refractivity contribution is -0.115. The Morgan fingerprint density at radius 2 is 1.67 bits per heavy atom. The molecular weight excluding hydrogens is 311 g/mol. The summed E-state index contributed by atoms with van der Waals surface area (Å²) < 4.78 is 0. The largest absolute Gasteiger partial charge is 0.336 e. The number of carbonyl (C=O) groups excluding carboxylic acids is 2. The summed E-state index contributed by atoms with van der Waals surface area (Å²) in [6, 6.07) is 13.2. The van der Waals surface area contributed by atoms with E-state index in [9.17, 15) is 9.59 Å². The van der Waals surface area contributed by atoms with E-state index in [4.69, 9.17) is 23.2 Å². The van der Waals surface area contributed by atoms with Crippen LogP contribution in [-0.2, 0) is 4.79 Å². The Hall–Kier alpha value is -2.04. The molecule has 0 bridgehead atoms. The maximum Gasteiger partial charge on any atom is 0.336 e. The minimum absolute atomic E-state index is 0.0221. The zero-order chi connectivity index (χ0) is 15.0. The molecule has 1 heterocycles. The number of halogens is 2. The predicted octanol–water partition coefficient (Wildman–Crippen LogP) is 3.97. The highest BCUT2D eigenvalue weighted by molar-refractivity contribution is 6.38. The summed E-state index contributed by atoms with van der Waals surface area (Å²) in [5.74, 6) is -0.340. The number of hydrogen-bond donors (Lipinski definition) is 0. The molecule has 0 saturated carbocycles. The van der Waals surface area contributed by atoms with Gasteiger partial charge in [0.05, 0.1) is 10.7 Å². The van der Waals surface area contributed by atoms with Gasteiger partial charge < -0.3 is 0 Å².